The molecule has 0 saturated carbocycles. The van der Waals surface area contributed by atoms with Gasteiger partial charge in [0, 0.05) is 26.5 Å². The van der Waals surface area contributed by atoms with E-state index in [9.17, 15) is 0 Å². The SMILES string of the molecule is CO[Si](C)(CCCN=C(C)CC(C)C)OC. The quantitative estimate of drug-likeness (QED) is 0.373. The lowest BCUT2D eigenvalue weighted by atomic mass is 10.1. The maximum Gasteiger partial charge on any atom is 0.334 e. The summed E-state index contributed by atoms with van der Waals surface area (Å²) in [6, 6.07) is 1.01. The van der Waals surface area contributed by atoms with Crippen LogP contribution in [0.15, 0.2) is 4.99 Å². The molecule has 0 saturated heterocycles. The molecule has 16 heavy (non-hydrogen) atoms. The molecule has 0 radical (unpaired) electrons. The first-order valence-corrected chi connectivity index (χ1v) is 8.56. The van der Waals surface area contributed by atoms with Gasteiger partial charge in [-0.25, -0.2) is 0 Å². The van der Waals surface area contributed by atoms with Crippen molar-refractivity contribution >= 4 is 14.3 Å². The van der Waals surface area contributed by atoms with Gasteiger partial charge in [-0.15, -0.1) is 0 Å². The lowest BCUT2D eigenvalue weighted by Gasteiger charge is -2.22. The molecule has 0 spiro atoms. The van der Waals surface area contributed by atoms with Crippen LogP contribution in [0, 0.1) is 5.92 Å². The second-order valence-electron chi connectivity index (χ2n) is 4.86. The van der Waals surface area contributed by atoms with Crippen LogP contribution in [0.4, 0.5) is 0 Å². The molecule has 0 amide bonds. The van der Waals surface area contributed by atoms with Gasteiger partial charge in [0.25, 0.3) is 0 Å². The van der Waals surface area contributed by atoms with Crippen molar-refractivity contribution in [1.29, 1.82) is 0 Å². The van der Waals surface area contributed by atoms with Gasteiger partial charge < -0.3 is 8.85 Å². The fraction of sp³-hybridized carbons (Fsp3) is 0.917. The third kappa shape index (κ3) is 7.14. The van der Waals surface area contributed by atoms with Gasteiger partial charge in [-0.05, 0) is 38.3 Å². The number of hydrogen-bond donors (Lipinski definition) is 0. The van der Waals surface area contributed by atoms with Crippen LogP contribution >= 0.6 is 0 Å². The first-order chi connectivity index (χ1) is 7.43. The molecule has 4 heteroatoms. The summed E-state index contributed by atoms with van der Waals surface area (Å²) in [6.07, 6.45) is 2.16. The van der Waals surface area contributed by atoms with Crippen molar-refractivity contribution in [3.63, 3.8) is 0 Å². The molecule has 0 aromatic heterocycles. The molecule has 0 heterocycles. The predicted octanol–water partition coefficient (Wildman–Crippen LogP) is 3.25. The molecule has 0 aromatic carbocycles. The van der Waals surface area contributed by atoms with Gasteiger partial charge in [-0.1, -0.05) is 13.8 Å². The van der Waals surface area contributed by atoms with Gasteiger partial charge >= 0.3 is 8.56 Å². The Morgan fingerprint density at radius 2 is 1.81 bits per heavy atom. The summed E-state index contributed by atoms with van der Waals surface area (Å²) in [5, 5.41) is 0. The van der Waals surface area contributed by atoms with E-state index in [1.165, 1.54) is 5.71 Å². The monoisotopic (exact) mass is 245 g/mol. The van der Waals surface area contributed by atoms with Crippen molar-refractivity contribution < 1.29 is 8.85 Å². The molecule has 0 bridgehead atoms. The highest BCUT2D eigenvalue weighted by Crippen LogP contribution is 2.13. The summed E-state index contributed by atoms with van der Waals surface area (Å²) < 4.78 is 10.9. The minimum Gasteiger partial charge on any atom is -0.398 e. The van der Waals surface area contributed by atoms with Crippen molar-refractivity contribution in [2.24, 2.45) is 10.9 Å². The third-order valence-corrected chi connectivity index (χ3v) is 5.73. The molecular formula is C12H27NO2Si. The Labute approximate surface area is 102 Å². The zero-order valence-electron chi connectivity index (χ0n) is 11.7. The summed E-state index contributed by atoms with van der Waals surface area (Å²) in [7, 11) is 1.61. The molecule has 0 aliphatic rings. The molecule has 0 N–H and O–H groups in total. The van der Waals surface area contributed by atoms with Gasteiger partial charge in [-0.2, -0.15) is 0 Å². The smallest absolute Gasteiger partial charge is 0.334 e. The largest absolute Gasteiger partial charge is 0.398 e. The average molecular weight is 245 g/mol. The number of nitrogens with zero attached hydrogens (tertiary/aromatic N) is 1. The molecule has 0 aliphatic heterocycles. The van der Waals surface area contributed by atoms with Crippen LogP contribution in [0.5, 0.6) is 0 Å². The second kappa shape index (κ2) is 7.98. The molecule has 3 nitrogen and oxygen atoms in total. The third-order valence-electron chi connectivity index (χ3n) is 2.74. The van der Waals surface area contributed by atoms with Gasteiger partial charge in [0.15, 0.2) is 0 Å². The molecule has 0 aromatic rings. The number of hydrogen-bond acceptors (Lipinski definition) is 3. The van der Waals surface area contributed by atoms with E-state index in [0.29, 0.717) is 5.92 Å². The maximum atomic E-state index is 5.43. The molecule has 0 aliphatic carbocycles. The van der Waals surface area contributed by atoms with Crippen LogP contribution in [-0.2, 0) is 8.85 Å². The Kier molecular flexibility index (Phi) is 7.88. The second-order valence-corrected chi connectivity index (χ2v) is 8.44. The van der Waals surface area contributed by atoms with Crippen molar-refractivity contribution in [1.82, 2.24) is 0 Å². The van der Waals surface area contributed by atoms with E-state index in [4.69, 9.17) is 8.85 Å². The van der Waals surface area contributed by atoms with Crippen LogP contribution < -0.4 is 0 Å². The predicted molar refractivity (Wildman–Crippen MR) is 72.5 cm³/mol. The molecular weight excluding hydrogens is 218 g/mol. The Bertz CT molecular complexity index is 213. The Balaban J connectivity index is 3.82. The van der Waals surface area contributed by atoms with E-state index < -0.39 is 8.56 Å². The van der Waals surface area contributed by atoms with E-state index in [1.54, 1.807) is 14.2 Å². The lowest BCUT2D eigenvalue weighted by Crippen LogP contribution is -2.35. The normalized spacial score (nSPS) is 13.6. The molecule has 0 unspecified atom stereocenters. The lowest BCUT2D eigenvalue weighted by molar-refractivity contribution is 0.249. The Morgan fingerprint density at radius 3 is 2.25 bits per heavy atom. The molecule has 96 valence electrons. The van der Waals surface area contributed by atoms with Crippen LogP contribution in [0.25, 0.3) is 0 Å². The molecule has 0 fully saturated rings. The van der Waals surface area contributed by atoms with Crippen molar-refractivity contribution in [2.75, 3.05) is 20.8 Å². The standard InChI is InChI=1S/C12H27NO2Si/c1-11(2)10-12(3)13-8-7-9-16(6,14-4)15-5/h11H,7-10H2,1-6H3. The van der Waals surface area contributed by atoms with Gasteiger partial charge in [-0.3, -0.25) is 4.99 Å². The fourth-order valence-corrected chi connectivity index (χ4v) is 2.99. The first-order valence-electron chi connectivity index (χ1n) is 6.03. The highest BCUT2D eigenvalue weighted by molar-refractivity contribution is 6.65. The Hall–Kier alpha value is -0.193. The molecule has 0 atom stereocenters. The zero-order chi connectivity index (χ0) is 12.6. The van der Waals surface area contributed by atoms with Crippen LogP contribution in [0.1, 0.15) is 33.6 Å². The highest BCUT2D eigenvalue weighted by Gasteiger charge is 2.27. The van der Waals surface area contributed by atoms with Crippen LogP contribution in [0.2, 0.25) is 12.6 Å². The van der Waals surface area contributed by atoms with E-state index >= 15 is 0 Å². The van der Waals surface area contributed by atoms with Crippen molar-refractivity contribution in [3.05, 3.63) is 0 Å². The van der Waals surface area contributed by atoms with Crippen LogP contribution in [0.3, 0.4) is 0 Å². The summed E-state index contributed by atoms with van der Waals surface area (Å²) >= 11 is 0. The minimum atomic E-state index is -1.87. The van der Waals surface area contributed by atoms with E-state index in [2.05, 4.69) is 32.3 Å². The summed E-state index contributed by atoms with van der Waals surface area (Å²) in [5.41, 5.74) is 1.26. The molecule has 0 rings (SSSR count). The summed E-state index contributed by atoms with van der Waals surface area (Å²) in [6.45, 7) is 9.55. The van der Waals surface area contributed by atoms with E-state index in [-0.39, 0.29) is 0 Å². The van der Waals surface area contributed by atoms with Crippen LogP contribution in [-0.4, -0.2) is 35.0 Å². The topological polar surface area (TPSA) is 30.8 Å². The van der Waals surface area contributed by atoms with Gasteiger partial charge in [0.2, 0.25) is 0 Å². The number of rotatable bonds is 8. The van der Waals surface area contributed by atoms with Crippen molar-refractivity contribution in [3.8, 4) is 0 Å². The van der Waals surface area contributed by atoms with Gasteiger partial charge in [0.1, 0.15) is 0 Å². The minimum absolute atomic E-state index is 0.696. The number of aliphatic imine (C=N–C) groups is 1. The van der Waals surface area contributed by atoms with E-state index in [1.807, 2.05) is 0 Å². The average Bonchev–Trinajstić information content (AvgIpc) is 2.23. The van der Waals surface area contributed by atoms with E-state index in [0.717, 1.165) is 25.4 Å². The van der Waals surface area contributed by atoms with Gasteiger partial charge in [0.05, 0.1) is 0 Å². The maximum absolute atomic E-state index is 5.43. The highest BCUT2D eigenvalue weighted by atomic mass is 28.4. The van der Waals surface area contributed by atoms with Crippen molar-refractivity contribution in [2.45, 2.75) is 46.2 Å². The zero-order valence-corrected chi connectivity index (χ0v) is 12.7. The fourth-order valence-electron chi connectivity index (χ4n) is 1.61. The summed E-state index contributed by atoms with van der Waals surface area (Å²) in [4.78, 5) is 4.56. The Morgan fingerprint density at radius 1 is 1.25 bits per heavy atom. The summed E-state index contributed by atoms with van der Waals surface area (Å²) in [5.74, 6) is 0.696. The first kappa shape index (κ1) is 15.8.